The molecule has 6 nitrogen and oxygen atoms in total. The number of benzene rings is 1. The topological polar surface area (TPSA) is 106 Å². The Hall–Kier alpha value is -0.960. The van der Waals surface area contributed by atoms with E-state index in [-0.39, 0.29) is 22.4 Å². The summed E-state index contributed by atoms with van der Waals surface area (Å²) in [5, 5.41) is 8.31. The van der Waals surface area contributed by atoms with Crippen LogP contribution in [0.3, 0.4) is 0 Å². The Morgan fingerprint density at radius 1 is 1.15 bits per heavy atom. The monoisotopic (exact) mass is 318 g/mol. The van der Waals surface area contributed by atoms with E-state index in [1.54, 1.807) is 12.1 Å². The molecule has 1 heterocycles. The molecular formula is C12H18N2O4S2. The summed E-state index contributed by atoms with van der Waals surface area (Å²) >= 11 is 0. The van der Waals surface area contributed by atoms with Crippen LogP contribution in [0.1, 0.15) is 18.4 Å². The number of hydrogen-bond donors (Lipinski definition) is 2. The Bertz CT molecular complexity index is 652. The van der Waals surface area contributed by atoms with Gasteiger partial charge in [-0.1, -0.05) is 12.1 Å². The van der Waals surface area contributed by atoms with Crippen LogP contribution in [0, 0.1) is 0 Å². The van der Waals surface area contributed by atoms with Gasteiger partial charge in [0.15, 0.2) is 0 Å². The first-order valence-electron chi connectivity index (χ1n) is 6.32. The Labute approximate surface area is 119 Å². The van der Waals surface area contributed by atoms with Gasteiger partial charge in [0.2, 0.25) is 10.0 Å². The fourth-order valence-electron chi connectivity index (χ4n) is 2.15. The normalized spacial score (nSPS) is 19.9. The molecule has 0 atom stereocenters. The Kier molecular flexibility index (Phi) is 4.48. The lowest BCUT2D eigenvalue weighted by atomic mass is 10.1. The Balaban J connectivity index is 1.89. The zero-order chi connectivity index (χ0) is 14.8. The molecule has 2 rings (SSSR count). The summed E-state index contributed by atoms with van der Waals surface area (Å²) in [4.78, 5) is 0.0880. The quantitative estimate of drug-likeness (QED) is 0.813. The molecule has 0 radical (unpaired) electrons. The molecule has 3 N–H and O–H groups in total. The van der Waals surface area contributed by atoms with Crippen LogP contribution in [0.25, 0.3) is 0 Å². The highest BCUT2D eigenvalue weighted by Gasteiger charge is 2.22. The second-order valence-electron chi connectivity index (χ2n) is 5.00. The maximum Gasteiger partial charge on any atom is 0.238 e. The maximum atomic E-state index is 11.3. The van der Waals surface area contributed by atoms with E-state index in [4.69, 9.17) is 5.14 Å². The molecular weight excluding hydrogens is 300 g/mol. The molecule has 0 amide bonds. The van der Waals surface area contributed by atoms with Crippen LogP contribution < -0.4 is 10.5 Å². The van der Waals surface area contributed by atoms with Gasteiger partial charge in [-0.25, -0.2) is 22.0 Å². The third-order valence-corrected chi connectivity index (χ3v) is 6.05. The minimum atomic E-state index is -3.66. The van der Waals surface area contributed by atoms with Crippen molar-refractivity contribution >= 4 is 19.9 Å². The van der Waals surface area contributed by atoms with E-state index in [0.29, 0.717) is 19.4 Å². The van der Waals surface area contributed by atoms with Gasteiger partial charge >= 0.3 is 0 Å². The summed E-state index contributed by atoms with van der Waals surface area (Å²) in [5.74, 6) is 0.462. The molecule has 112 valence electrons. The highest BCUT2D eigenvalue weighted by Crippen LogP contribution is 2.13. The molecule has 0 bridgehead atoms. The fraction of sp³-hybridized carbons (Fsp3) is 0.500. The highest BCUT2D eigenvalue weighted by molar-refractivity contribution is 7.91. The van der Waals surface area contributed by atoms with Crippen molar-refractivity contribution in [2.24, 2.45) is 5.14 Å². The van der Waals surface area contributed by atoms with Crippen LogP contribution in [0.15, 0.2) is 29.2 Å². The van der Waals surface area contributed by atoms with Crippen LogP contribution >= 0.6 is 0 Å². The minimum Gasteiger partial charge on any atom is -0.310 e. The third-order valence-electron chi connectivity index (χ3n) is 3.40. The van der Waals surface area contributed by atoms with Crippen molar-refractivity contribution in [1.82, 2.24) is 5.32 Å². The summed E-state index contributed by atoms with van der Waals surface area (Å²) < 4.78 is 44.8. The van der Waals surface area contributed by atoms with E-state index in [2.05, 4.69) is 5.32 Å². The van der Waals surface area contributed by atoms with Gasteiger partial charge in [0.1, 0.15) is 9.84 Å². The van der Waals surface area contributed by atoms with Gasteiger partial charge in [-0.05, 0) is 30.5 Å². The number of nitrogens with one attached hydrogen (secondary N) is 1. The molecule has 0 unspecified atom stereocenters. The number of primary sulfonamides is 1. The van der Waals surface area contributed by atoms with Gasteiger partial charge in [-0.15, -0.1) is 0 Å². The third kappa shape index (κ3) is 4.27. The molecule has 1 aromatic carbocycles. The number of rotatable bonds is 4. The van der Waals surface area contributed by atoms with Crippen LogP contribution in [0.5, 0.6) is 0 Å². The van der Waals surface area contributed by atoms with Gasteiger partial charge in [-0.3, -0.25) is 0 Å². The van der Waals surface area contributed by atoms with Crippen molar-refractivity contribution < 1.29 is 16.8 Å². The molecule has 20 heavy (non-hydrogen) atoms. The van der Waals surface area contributed by atoms with Crippen molar-refractivity contribution in [2.45, 2.75) is 30.3 Å². The van der Waals surface area contributed by atoms with Crippen molar-refractivity contribution in [1.29, 1.82) is 0 Å². The van der Waals surface area contributed by atoms with Crippen LogP contribution in [-0.4, -0.2) is 34.4 Å². The van der Waals surface area contributed by atoms with Crippen molar-refractivity contribution in [3.8, 4) is 0 Å². The first kappa shape index (κ1) is 15.4. The van der Waals surface area contributed by atoms with Crippen molar-refractivity contribution in [2.75, 3.05) is 11.5 Å². The number of sulfonamides is 1. The first-order chi connectivity index (χ1) is 9.26. The number of sulfone groups is 1. The lowest BCUT2D eigenvalue weighted by Gasteiger charge is -2.23. The van der Waals surface area contributed by atoms with Gasteiger partial charge in [0, 0.05) is 12.6 Å². The predicted octanol–water partition coefficient (Wildman–Crippen LogP) is 0.000800. The Morgan fingerprint density at radius 2 is 1.70 bits per heavy atom. The first-order valence-corrected chi connectivity index (χ1v) is 9.69. The summed E-state index contributed by atoms with van der Waals surface area (Å²) in [6.07, 6.45) is 1.25. The average molecular weight is 318 g/mol. The highest BCUT2D eigenvalue weighted by atomic mass is 32.2. The smallest absolute Gasteiger partial charge is 0.238 e. The summed E-state index contributed by atoms with van der Waals surface area (Å²) in [7, 11) is -6.50. The summed E-state index contributed by atoms with van der Waals surface area (Å²) in [6, 6.07) is 6.53. The van der Waals surface area contributed by atoms with Crippen molar-refractivity contribution in [3.63, 3.8) is 0 Å². The van der Waals surface area contributed by atoms with Crippen LogP contribution in [-0.2, 0) is 26.4 Å². The Morgan fingerprint density at radius 3 is 2.20 bits per heavy atom. The van der Waals surface area contributed by atoms with Gasteiger partial charge in [-0.2, -0.15) is 0 Å². The lowest BCUT2D eigenvalue weighted by Crippen LogP contribution is -2.37. The SMILES string of the molecule is NS(=O)(=O)c1ccc(CNC2CCS(=O)(=O)CC2)cc1. The van der Waals surface area contributed by atoms with E-state index >= 15 is 0 Å². The molecule has 1 aromatic rings. The van der Waals surface area contributed by atoms with Gasteiger partial charge < -0.3 is 5.32 Å². The standard InChI is InChI=1S/C12H18N2O4S2/c13-20(17,18)12-3-1-10(2-4-12)9-14-11-5-7-19(15,16)8-6-11/h1-4,11,14H,5-9H2,(H2,13,17,18). The van der Waals surface area contributed by atoms with E-state index in [9.17, 15) is 16.8 Å². The van der Waals surface area contributed by atoms with E-state index < -0.39 is 19.9 Å². The summed E-state index contributed by atoms with van der Waals surface area (Å²) in [5.41, 5.74) is 0.936. The van der Waals surface area contributed by atoms with Crippen LogP contribution in [0.2, 0.25) is 0 Å². The maximum absolute atomic E-state index is 11.3. The second kappa shape index (κ2) is 5.80. The number of hydrogen-bond acceptors (Lipinski definition) is 5. The minimum absolute atomic E-state index is 0.0880. The van der Waals surface area contributed by atoms with Crippen LogP contribution in [0.4, 0.5) is 0 Å². The van der Waals surface area contributed by atoms with Crippen molar-refractivity contribution in [3.05, 3.63) is 29.8 Å². The van der Waals surface area contributed by atoms with Gasteiger partial charge in [0.25, 0.3) is 0 Å². The molecule has 1 fully saturated rings. The molecule has 0 saturated carbocycles. The molecule has 0 aliphatic carbocycles. The molecule has 0 spiro atoms. The van der Waals surface area contributed by atoms with E-state index in [1.807, 2.05) is 0 Å². The molecule has 1 aliphatic rings. The average Bonchev–Trinajstić information content (AvgIpc) is 2.37. The predicted molar refractivity (Wildman–Crippen MR) is 76.3 cm³/mol. The zero-order valence-corrected chi connectivity index (χ0v) is 12.6. The van der Waals surface area contributed by atoms with E-state index in [1.165, 1.54) is 12.1 Å². The largest absolute Gasteiger partial charge is 0.310 e. The fourth-order valence-corrected chi connectivity index (χ4v) is 4.16. The molecule has 1 aliphatic heterocycles. The molecule has 1 saturated heterocycles. The molecule has 8 heteroatoms. The number of nitrogens with two attached hydrogens (primary N) is 1. The zero-order valence-electron chi connectivity index (χ0n) is 10.9. The van der Waals surface area contributed by atoms with Gasteiger partial charge in [0.05, 0.1) is 16.4 Å². The van der Waals surface area contributed by atoms with E-state index in [0.717, 1.165) is 5.56 Å². The molecule has 0 aromatic heterocycles. The lowest BCUT2D eigenvalue weighted by molar-refractivity contribution is 0.463. The second-order valence-corrected chi connectivity index (χ2v) is 8.86. The summed E-state index contributed by atoms with van der Waals surface area (Å²) in [6.45, 7) is 0.579.